The molecule has 1 saturated carbocycles. The van der Waals surface area contributed by atoms with Gasteiger partial charge >= 0.3 is 0 Å². The van der Waals surface area contributed by atoms with Crippen molar-refractivity contribution in [2.75, 3.05) is 0 Å². The number of furan rings is 1. The van der Waals surface area contributed by atoms with Gasteiger partial charge in [0.2, 0.25) is 5.91 Å². The molecule has 0 radical (unpaired) electrons. The first kappa shape index (κ1) is 15.9. The summed E-state index contributed by atoms with van der Waals surface area (Å²) in [6.07, 6.45) is 4.38. The third-order valence-corrected chi connectivity index (χ3v) is 5.19. The van der Waals surface area contributed by atoms with Gasteiger partial charge < -0.3 is 9.32 Å². The van der Waals surface area contributed by atoms with Crippen molar-refractivity contribution in [3.05, 3.63) is 71.0 Å². The van der Waals surface area contributed by atoms with Gasteiger partial charge in [0.15, 0.2) is 0 Å². The minimum Gasteiger partial charge on any atom is -0.464 e. The van der Waals surface area contributed by atoms with Gasteiger partial charge in [-0.15, -0.1) is 0 Å². The Kier molecular flexibility index (Phi) is 4.08. The lowest BCUT2D eigenvalue weighted by Crippen LogP contribution is -2.33. The Bertz CT molecular complexity index is 906. The van der Waals surface area contributed by atoms with E-state index in [0.29, 0.717) is 19.0 Å². The highest BCUT2D eigenvalue weighted by molar-refractivity contribution is 5.89. The molecule has 1 aromatic heterocycles. The normalized spacial score (nSPS) is 14.0. The van der Waals surface area contributed by atoms with E-state index in [1.165, 1.54) is 11.1 Å². The quantitative estimate of drug-likeness (QED) is 0.673. The molecule has 3 heteroatoms. The molecule has 1 fully saturated rings. The van der Waals surface area contributed by atoms with E-state index in [-0.39, 0.29) is 5.91 Å². The summed E-state index contributed by atoms with van der Waals surface area (Å²) in [6.45, 7) is 4.84. The predicted octanol–water partition coefficient (Wildman–Crippen LogP) is 4.78. The fraction of sp³-hybridized carbons (Fsp3) is 0.318. The number of nitrogens with zero attached hydrogens (tertiary/aromatic N) is 1. The minimum atomic E-state index is 0.187. The fourth-order valence-corrected chi connectivity index (χ4v) is 3.38. The first-order chi connectivity index (χ1) is 12.1. The largest absolute Gasteiger partial charge is 0.464 e. The van der Waals surface area contributed by atoms with Gasteiger partial charge in [0.25, 0.3) is 0 Å². The molecule has 0 bridgehead atoms. The first-order valence-electron chi connectivity index (χ1n) is 8.93. The van der Waals surface area contributed by atoms with Crippen molar-refractivity contribution in [1.82, 2.24) is 4.90 Å². The summed E-state index contributed by atoms with van der Waals surface area (Å²) >= 11 is 0. The fourth-order valence-electron chi connectivity index (χ4n) is 3.38. The SMILES string of the molecule is Cc1ccc2c(CC(=O)N(Cc3ccccc3)C3CC3)coc2c1C. The van der Waals surface area contributed by atoms with Crippen LogP contribution in [-0.4, -0.2) is 16.8 Å². The summed E-state index contributed by atoms with van der Waals surface area (Å²) in [5.41, 5.74) is 5.44. The molecular weight excluding hydrogens is 310 g/mol. The number of hydrogen-bond donors (Lipinski definition) is 0. The Balaban J connectivity index is 1.57. The van der Waals surface area contributed by atoms with Crippen molar-refractivity contribution in [2.45, 2.75) is 45.7 Å². The zero-order chi connectivity index (χ0) is 17.4. The van der Waals surface area contributed by atoms with Gasteiger partial charge in [-0.05, 0) is 43.4 Å². The molecule has 3 aromatic rings. The number of fused-ring (bicyclic) bond motifs is 1. The average Bonchev–Trinajstić information content (AvgIpc) is 3.38. The predicted molar refractivity (Wildman–Crippen MR) is 99.4 cm³/mol. The second-order valence-corrected chi connectivity index (χ2v) is 7.06. The first-order valence-corrected chi connectivity index (χ1v) is 8.93. The van der Waals surface area contributed by atoms with Crippen LogP contribution < -0.4 is 0 Å². The highest BCUT2D eigenvalue weighted by atomic mass is 16.3. The monoisotopic (exact) mass is 333 g/mol. The van der Waals surface area contributed by atoms with Gasteiger partial charge in [0.05, 0.1) is 12.7 Å². The second kappa shape index (κ2) is 6.40. The van der Waals surface area contributed by atoms with Gasteiger partial charge in [0, 0.05) is 23.5 Å². The Labute approximate surface area is 148 Å². The summed E-state index contributed by atoms with van der Waals surface area (Å²) in [5, 5.41) is 1.06. The Morgan fingerprint density at radius 3 is 2.60 bits per heavy atom. The van der Waals surface area contributed by atoms with Crippen molar-refractivity contribution in [1.29, 1.82) is 0 Å². The summed E-state index contributed by atoms with van der Waals surface area (Å²) in [6, 6.07) is 14.8. The standard InChI is InChI=1S/C22H23NO2/c1-15-8-11-20-18(14-25-22(20)16(15)2)12-21(24)23(19-9-10-19)13-17-6-4-3-5-7-17/h3-8,11,14,19H,9-10,12-13H2,1-2H3. The molecule has 0 unspecified atom stereocenters. The molecule has 0 N–H and O–H groups in total. The molecule has 4 rings (SSSR count). The van der Waals surface area contributed by atoms with Gasteiger partial charge in [0.1, 0.15) is 5.58 Å². The average molecular weight is 333 g/mol. The summed E-state index contributed by atoms with van der Waals surface area (Å²) in [7, 11) is 0. The maximum Gasteiger partial charge on any atom is 0.227 e. The van der Waals surface area contributed by atoms with Gasteiger partial charge in [-0.25, -0.2) is 0 Å². The van der Waals surface area contributed by atoms with Crippen LogP contribution in [0.25, 0.3) is 11.0 Å². The van der Waals surface area contributed by atoms with Crippen LogP contribution in [0.2, 0.25) is 0 Å². The van der Waals surface area contributed by atoms with Crippen LogP contribution in [0.4, 0.5) is 0 Å². The highest BCUT2D eigenvalue weighted by Crippen LogP contribution is 2.31. The number of carbonyl (C=O) groups excluding carboxylic acids is 1. The van der Waals surface area contributed by atoms with E-state index >= 15 is 0 Å². The number of hydrogen-bond acceptors (Lipinski definition) is 2. The molecule has 0 aliphatic heterocycles. The number of rotatable bonds is 5. The highest BCUT2D eigenvalue weighted by Gasteiger charge is 2.32. The van der Waals surface area contributed by atoms with E-state index in [2.05, 4.69) is 38.1 Å². The lowest BCUT2D eigenvalue weighted by atomic mass is 10.0. The molecule has 1 heterocycles. The third kappa shape index (κ3) is 3.19. The zero-order valence-corrected chi connectivity index (χ0v) is 14.8. The summed E-state index contributed by atoms with van der Waals surface area (Å²) in [5.74, 6) is 0.187. The molecule has 0 saturated heterocycles. The zero-order valence-electron chi connectivity index (χ0n) is 14.8. The number of amides is 1. The van der Waals surface area contributed by atoms with E-state index in [1.54, 1.807) is 6.26 Å². The van der Waals surface area contributed by atoms with Crippen LogP contribution in [0.15, 0.2) is 53.1 Å². The maximum absolute atomic E-state index is 13.0. The molecule has 1 aliphatic rings. The van der Waals surface area contributed by atoms with E-state index in [1.807, 2.05) is 23.1 Å². The van der Waals surface area contributed by atoms with Crippen LogP contribution in [0.1, 0.15) is 35.1 Å². The second-order valence-electron chi connectivity index (χ2n) is 7.06. The van der Waals surface area contributed by atoms with Crippen molar-refractivity contribution in [3.8, 4) is 0 Å². The van der Waals surface area contributed by atoms with E-state index in [9.17, 15) is 4.79 Å². The third-order valence-electron chi connectivity index (χ3n) is 5.19. The molecule has 25 heavy (non-hydrogen) atoms. The lowest BCUT2D eigenvalue weighted by Gasteiger charge is -2.22. The van der Waals surface area contributed by atoms with E-state index < -0.39 is 0 Å². The van der Waals surface area contributed by atoms with Crippen molar-refractivity contribution >= 4 is 16.9 Å². The topological polar surface area (TPSA) is 33.5 Å². The van der Waals surface area contributed by atoms with Crippen LogP contribution >= 0.6 is 0 Å². The van der Waals surface area contributed by atoms with Crippen LogP contribution in [0, 0.1) is 13.8 Å². The summed E-state index contributed by atoms with van der Waals surface area (Å²) in [4.78, 5) is 15.0. The molecule has 0 spiro atoms. The van der Waals surface area contributed by atoms with Crippen molar-refractivity contribution < 1.29 is 9.21 Å². The van der Waals surface area contributed by atoms with Gasteiger partial charge in [-0.3, -0.25) is 4.79 Å². The molecule has 3 nitrogen and oxygen atoms in total. The van der Waals surface area contributed by atoms with Crippen LogP contribution in [-0.2, 0) is 17.8 Å². The Hall–Kier alpha value is -2.55. The molecule has 128 valence electrons. The number of aryl methyl sites for hydroxylation is 2. The number of carbonyl (C=O) groups is 1. The summed E-state index contributed by atoms with van der Waals surface area (Å²) < 4.78 is 5.76. The maximum atomic E-state index is 13.0. The molecular formula is C22H23NO2. The van der Waals surface area contributed by atoms with Gasteiger partial charge in [-0.2, -0.15) is 0 Å². The smallest absolute Gasteiger partial charge is 0.227 e. The lowest BCUT2D eigenvalue weighted by molar-refractivity contribution is -0.131. The van der Waals surface area contributed by atoms with Gasteiger partial charge in [-0.1, -0.05) is 42.5 Å². The molecule has 1 aliphatic carbocycles. The van der Waals surface area contributed by atoms with Crippen molar-refractivity contribution in [2.24, 2.45) is 0 Å². The Morgan fingerprint density at radius 1 is 1.12 bits per heavy atom. The molecule has 1 amide bonds. The minimum absolute atomic E-state index is 0.187. The van der Waals surface area contributed by atoms with Crippen LogP contribution in [0.5, 0.6) is 0 Å². The van der Waals surface area contributed by atoms with E-state index in [0.717, 1.165) is 34.9 Å². The molecule has 2 aromatic carbocycles. The van der Waals surface area contributed by atoms with Crippen molar-refractivity contribution in [3.63, 3.8) is 0 Å². The Morgan fingerprint density at radius 2 is 1.88 bits per heavy atom. The van der Waals surface area contributed by atoms with Crippen LogP contribution in [0.3, 0.4) is 0 Å². The molecule has 0 atom stereocenters. The van der Waals surface area contributed by atoms with E-state index in [4.69, 9.17) is 4.42 Å². The number of benzene rings is 2.